The molecule has 7 nitrogen and oxygen atoms in total. The number of nitrogens with one attached hydrogen (secondary N) is 2. The molecule has 130 valence electrons. The van der Waals surface area contributed by atoms with Gasteiger partial charge in [0, 0.05) is 19.8 Å². The summed E-state index contributed by atoms with van der Waals surface area (Å²) in [4.78, 5) is 22.7. The van der Waals surface area contributed by atoms with Crippen molar-refractivity contribution in [3.8, 4) is 0 Å². The summed E-state index contributed by atoms with van der Waals surface area (Å²) in [6.07, 6.45) is -1.70. The number of amides is 2. The Kier molecular flexibility index (Phi) is 7.20. The maximum absolute atomic E-state index is 12.9. The molecule has 23 heavy (non-hydrogen) atoms. The summed E-state index contributed by atoms with van der Waals surface area (Å²) in [5, 5.41) is 6.37. The summed E-state index contributed by atoms with van der Waals surface area (Å²) in [6.45, 7) is 0.996. The summed E-state index contributed by atoms with van der Waals surface area (Å²) >= 11 is 0.370. The highest BCUT2D eigenvalue weighted by Gasteiger charge is 2.40. The van der Waals surface area contributed by atoms with Crippen LogP contribution in [0.2, 0.25) is 0 Å². The molecule has 0 fully saturated rings. The van der Waals surface area contributed by atoms with Crippen LogP contribution in [0, 0.1) is 0 Å². The minimum Gasteiger partial charge on any atom is -0.465 e. The van der Waals surface area contributed by atoms with Gasteiger partial charge in [-0.2, -0.15) is 18.3 Å². The largest absolute Gasteiger partial charge is 0.465 e. The van der Waals surface area contributed by atoms with Gasteiger partial charge in [0.05, 0.1) is 24.2 Å². The number of aromatic nitrogens is 2. The first kappa shape index (κ1) is 19.1. The Labute approximate surface area is 134 Å². The SMILES string of the molecule is CCOC(=O)CSC(CNC(=O)Nc1cnn(C)c1)C(F)(F)F. The lowest BCUT2D eigenvalue weighted by molar-refractivity contribution is -0.139. The molecular weight excluding hydrogens is 337 g/mol. The van der Waals surface area contributed by atoms with Crippen LogP contribution in [0.3, 0.4) is 0 Å². The zero-order valence-corrected chi connectivity index (χ0v) is 13.3. The van der Waals surface area contributed by atoms with Crippen molar-refractivity contribution in [2.45, 2.75) is 18.3 Å². The van der Waals surface area contributed by atoms with Crippen LogP contribution in [0.25, 0.3) is 0 Å². The average molecular weight is 354 g/mol. The lowest BCUT2D eigenvalue weighted by Gasteiger charge is -2.19. The van der Waals surface area contributed by atoms with Crippen LogP contribution in [0.5, 0.6) is 0 Å². The number of halogens is 3. The third-order valence-corrected chi connectivity index (χ3v) is 3.72. The Balaban J connectivity index is 2.47. The molecule has 1 atom stereocenters. The molecule has 0 bridgehead atoms. The van der Waals surface area contributed by atoms with Gasteiger partial charge in [0.15, 0.2) is 0 Å². The summed E-state index contributed by atoms with van der Waals surface area (Å²) in [5.74, 6) is -1.17. The number of thioether (sulfide) groups is 1. The molecule has 11 heteroatoms. The third kappa shape index (κ3) is 7.26. The van der Waals surface area contributed by atoms with Crippen molar-refractivity contribution in [2.75, 3.05) is 24.2 Å². The Morgan fingerprint density at radius 1 is 1.48 bits per heavy atom. The van der Waals surface area contributed by atoms with Crippen LogP contribution in [-0.4, -0.2) is 52.1 Å². The van der Waals surface area contributed by atoms with Gasteiger partial charge in [0.1, 0.15) is 5.25 Å². The van der Waals surface area contributed by atoms with Crippen molar-refractivity contribution in [1.82, 2.24) is 15.1 Å². The number of rotatable bonds is 7. The van der Waals surface area contributed by atoms with Gasteiger partial charge in [-0.25, -0.2) is 4.79 Å². The maximum atomic E-state index is 12.9. The van der Waals surface area contributed by atoms with Crippen molar-refractivity contribution in [3.05, 3.63) is 12.4 Å². The van der Waals surface area contributed by atoms with Gasteiger partial charge >= 0.3 is 18.2 Å². The number of aryl methyl sites for hydroxylation is 1. The monoisotopic (exact) mass is 354 g/mol. The van der Waals surface area contributed by atoms with E-state index < -0.39 is 35.7 Å². The van der Waals surface area contributed by atoms with Crippen LogP contribution >= 0.6 is 11.8 Å². The molecule has 1 unspecified atom stereocenters. The van der Waals surface area contributed by atoms with E-state index in [1.165, 1.54) is 17.1 Å². The van der Waals surface area contributed by atoms with Crippen molar-refractivity contribution in [3.63, 3.8) is 0 Å². The number of carbonyl (C=O) groups excluding carboxylic acids is 2. The number of alkyl halides is 3. The Hall–Kier alpha value is -1.91. The third-order valence-electron chi connectivity index (χ3n) is 2.48. The number of esters is 1. The molecule has 0 spiro atoms. The van der Waals surface area contributed by atoms with Crippen LogP contribution in [-0.2, 0) is 16.6 Å². The fraction of sp³-hybridized carbons (Fsp3) is 0.583. The van der Waals surface area contributed by atoms with E-state index in [4.69, 9.17) is 0 Å². The number of carbonyl (C=O) groups is 2. The van der Waals surface area contributed by atoms with E-state index in [0.29, 0.717) is 17.4 Å². The number of ether oxygens (including phenoxy) is 1. The molecule has 0 aromatic carbocycles. The fourth-order valence-corrected chi connectivity index (χ4v) is 2.30. The second-order valence-corrected chi connectivity index (χ2v) is 5.58. The second kappa shape index (κ2) is 8.65. The van der Waals surface area contributed by atoms with Gasteiger partial charge in [-0.15, -0.1) is 11.8 Å². The Bertz CT molecular complexity index is 536. The highest BCUT2D eigenvalue weighted by molar-refractivity contribution is 8.00. The van der Waals surface area contributed by atoms with Crippen molar-refractivity contribution in [2.24, 2.45) is 7.05 Å². The zero-order chi connectivity index (χ0) is 17.5. The number of hydrogen-bond donors (Lipinski definition) is 2. The molecule has 0 aliphatic carbocycles. The summed E-state index contributed by atoms with van der Waals surface area (Å²) in [5.41, 5.74) is 0.354. The smallest absolute Gasteiger partial charge is 0.402 e. The van der Waals surface area contributed by atoms with Crippen LogP contribution < -0.4 is 10.6 Å². The van der Waals surface area contributed by atoms with E-state index in [9.17, 15) is 22.8 Å². The molecule has 1 aromatic heterocycles. The van der Waals surface area contributed by atoms with Gasteiger partial charge in [-0.05, 0) is 6.92 Å². The van der Waals surface area contributed by atoms with Gasteiger partial charge in [0.2, 0.25) is 0 Å². The average Bonchev–Trinajstić information content (AvgIpc) is 2.82. The van der Waals surface area contributed by atoms with E-state index in [1.807, 2.05) is 0 Å². The molecule has 2 N–H and O–H groups in total. The fourth-order valence-electron chi connectivity index (χ4n) is 1.49. The predicted molar refractivity (Wildman–Crippen MR) is 79.2 cm³/mol. The van der Waals surface area contributed by atoms with E-state index >= 15 is 0 Å². The van der Waals surface area contributed by atoms with E-state index in [-0.39, 0.29) is 6.61 Å². The van der Waals surface area contributed by atoms with Gasteiger partial charge in [0.25, 0.3) is 0 Å². The standard InChI is InChI=1S/C12H17F3N4O3S/c1-3-22-10(20)7-23-9(12(13,14)15)5-16-11(21)18-8-4-17-19(2)6-8/h4,6,9H,3,5,7H2,1-2H3,(H2,16,18,21). The second-order valence-electron chi connectivity index (χ2n) is 4.38. The van der Waals surface area contributed by atoms with Crippen molar-refractivity contribution in [1.29, 1.82) is 0 Å². The maximum Gasteiger partial charge on any atom is 0.402 e. The molecule has 1 rings (SSSR count). The topological polar surface area (TPSA) is 85.2 Å². The number of hydrogen-bond acceptors (Lipinski definition) is 5. The summed E-state index contributed by atoms with van der Waals surface area (Å²) in [6, 6.07) is -0.788. The van der Waals surface area contributed by atoms with Crippen LogP contribution in [0.4, 0.5) is 23.7 Å². The first-order valence-electron chi connectivity index (χ1n) is 6.59. The number of anilines is 1. The van der Waals surface area contributed by atoms with Gasteiger partial charge in [-0.3, -0.25) is 9.48 Å². The van der Waals surface area contributed by atoms with E-state index in [2.05, 4.69) is 20.5 Å². The Morgan fingerprint density at radius 3 is 2.70 bits per heavy atom. The first-order valence-corrected chi connectivity index (χ1v) is 7.64. The summed E-state index contributed by atoms with van der Waals surface area (Å²) in [7, 11) is 1.63. The Morgan fingerprint density at radius 2 is 2.17 bits per heavy atom. The van der Waals surface area contributed by atoms with Gasteiger partial charge < -0.3 is 15.4 Å². The van der Waals surface area contributed by atoms with E-state index in [0.717, 1.165) is 0 Å². The molecule has 0 aliphatic rings. The molecule has 1 heterocycles. The van der Waals surface area contributed by atoms with Crippen LogP contribution in [0.15, 0.2) is 12.4 Å². The number of urea groups is 1. The molecule has 2 amide bonds. The van der Waals surface area contributed by atoms with E-state index in [1.54, 1.807) is 14.0 Å². The molecule has 0 saturated carbocycles. The lowest BCUT2D eigenvalue weighted by Crippen LogP contribution is -2.41. The highest BCUT2D eigenvalue weighted by Crippen LogP contribution is 2.30. The molecular formula is C12H17F3N4O3S. The van der Waals surface area contributed by atoms with Crippen molar-refractivity contribution < 1.29 is 27.5 Å². The minimum absolute atomic E-state index is 0.0991. The lowest BCUT2D eigenvalue weighted by atomic mass is 10.4. The highest BCUT2D eigenvalue weighted by atomic mass is 32.2. The molecule has 0 radical (unpaired) electrons. The summed E-state index contributed by atoms with van der Waals surface area (Å²) < 4.78 is 44.6. The zero-order valence-electron chi connectivity index (χ0n) is 12.5. The van der Waals surface area contributed by atoms with Gasteiger partial charge in [-0.1, -0.05) is 0 Å². The minimum atomic E-state index is -4.56. The molecule has 0 saturated heterocycles. The predicted octanol–water partition coefficient (Wildman–Crippen LogP) is 1.77. The number of nitrogens with zero attached hydrogens (tertiary/aromatic N) is 2. The van der Waals surface area contributed by atoms with Crippen LogP contribution in [0.1, 0.15) is 6.92 Å². The van der Waals surface area contributed by atoms with Crippen molar-refractivity contribution >= 4 is 29.4 Å². The molecule has 1 aromatic rings. The first-order chi connectivity index (χ1) is 10.7. The quantitative estimate of drug-likeness (QED) is 0.729. The normalized spacial score (nSPS) is 12.6. The molecule has 0 aliphatic heterocycles.